The lowest BCUT2D eigenvalue weighted by Crippen LogP contribution is -2.09. The van der Waals surface area contributed by atoms with Crippen LogP contribution in [0.25, 0.3) is 0 Å². The highest BCUT2D eigenvalue weighted by atomic mass is 31.2. The predicted octanol–water partition coefficient (Wildman–Crippen LogP) is 3.50. The normalized spacial score (nSPS) is 15.7. The summed E-state index contributed by atoms with van der Waals surface area (Å²) in [5.41, 5.74) is 0.0811. The molecule has 0 spiro atoms. The molecule has 0 amide bonds. The lowest BCUT2D eigenvalue weighted by molar-refractivity contribution is -0.132. The maximum absolute atomic E-state index is 11.9. The molecule has 106 valence electrons. The van der Waals surface area contributed by atoms with Crippen LogP contribution in [0.4, 0.5) is 0 Å². The Hall–Kier alpha value is -0.600. The van der Waals surface area contributed by atoms with Crippen molar-refractivity contribution >= 4 is 13.3 Å². The van der Waals surface area contributed by atoms with E-state index in [1.165, 1.54) is 0 Å². The molecule has 5 heteroatoms. The van der Waals surface area contributed by atoms with E-state index in [2.05, 4.69) is 6.92 Å². The Labute approximate surface area is 110 Å². The summed E-state index contributed by atoms with van der Waals surface area (Å²) in [6, 6.07) is 0. The third kappa shape index (κ3) is 8.48. The van der Waals surface area contributed by atoms with Gasteiger partial charge in [-0.25, -0.2) is 4.79 Å². The minimum Gasteiger partial charge on any atom is -0.478 e. The van der Waals surface area contributed by atoms with Crippen molar-refractivity contribution in [3.63, 3.8) is 0 Å². The van der Waals surface area contributed by atoms with Crippen molar-refractivity contribution in [3.05, 3.63) is 11.6 Å². The standard InChI is InChI=1S/C13H25O4P/c1-4-5-6-7-8-12(13(14)15)10-18(16,17)9-11(2)3/h8,11H,4-7,9-10H2,1-3H3,(H,14,15)(H,16,17)/b12-8+. The highest BCUT2D eigenvalue weighted by molar-refractivity contribution is 7.58. The summed E-state index contributed by atoms with van der Waals surface area (Å²) in [5, 5.41) is 9.03. The first-order valence-electron chi connectivity index (χ1n) is 6.51. The number of carboxylic acid groups (broad SMARTS) is 1. The van der Waals surface area contributed by atoms with Gasteiger partial charge in [0.25, 0.3) is 0 Å². The van der Waals surface area contributed by atoms with Crippen LogP contribution in [0.1, 0.15) is 46.5 Å². The summed E-state index contributed by atoms with van der Waals surface area (Å²) in [7, 11) is -3.36. The Morgan fingerprint density at radius 1 is 1.33 bits per heavy atom. The van der Waals surface area contributed by atoms with Crippen LogP contribution in [0.5, 0.6) is 0 Å². The molecular weight excluding hydrogens is 251 g/mol. The van der Waals surface area contributed by atoms with Gasteiger partial charge in [0.1, 0.15) is 0 Å². The molecule has 0 saturated heterocycles. The van der Waals surface area contributed by atoms with Crippen molar-refractivity contribution in [2.45, 2.75) is 46.5 Å². The molecule has 0 aliphatic carbocycles. The number of hydrogen-bond acceptors (Lipinski definition) is 2. The number of hydrogen-bond donors (Lipinski definition) is 2. The Morgan fingerprint density at radius 3 is 2.39 bits per heavy atom. The first-order chi connectivity index (χ1) is 8.28. The second-order valence-electron chi connectivity index (χ2n) is 5.11. The van der Waals surface area contributed by atoms with Crippen molar-refractivity contribution in [2.75, 3.05) is 12.3 Å². The van der Waals surface area contributed by atoms with Crippen LogP contribution in [0.3, 0.4) is 0 Å². The van der Waals surface area contributed by atoms with Gasteiger partial charge in [-0.3, -0.25) is 4.57 Å². The van der Waals surface area contributed by atoms with E-state index in [0.29, 0.717) is 6.42 Å². The molecule has 18 heavy (non-hydrogen) atoms. The van der Waals surface area contributed by atoms with Gasteiger partial charge in [0.2, 0.25) is 7.37 Å². The Kier molecular flexibility index (Phi) is 8.21. The Bertz CT molecular complexity index is 334. The van der Waals surface area contributed by atoms with Gasteiger partial charge in [0.15, 0.2) is 0 Å². The Morgan fingerprint density at radius 2 is 1.94 bits per heavy atom. The molecule has 0 fully saturated rings. The SMILES string of the molecule is CCCCC/C=C(\CP(=O)(O)CC(C)C)C(=O)O. The average Bonchev–Trinajstić information content (AvgIpc) is 2.20. The summed E-state index contributed by atoms with van der Waals surface area (Å²) < 4.78 is 11.9. The van der Waals surface area contributed by atoms with E-state index in [1.54, 1.807) is 6.08 Å². The first-order valence-corrected chi connectivity index (χ1v) is 8.54. The van der Waals surface area contributed by atoms with E-state index in [0.717, 1.165) is 19.3 Å². The highest BCUT2D eigenvalue weighted by Gasteiger charge is 2.24. The van der Waals surface area contributed by atoms with Crippen LogP contribution in [0.15, 0.2) is 11.6 Å². The molecule has 0 aliphatic rings. The summed E-state index contributed by atoms with van der Waals surface area (Å²) in [4.78, 5) is 20.8. The maximum Gasteiger partial charge on any atom is 0.331 e. The number of carboxylic acids is 1. The van der Waals surface area contributed by atoms with Gasteiger partial charge < -0.3 is 10.00 Å². The molecule has 0 aromatic rings. The monoisotopic (exact) mass is 276 g/mol. The molecule has 0 rings (SSSR count). The first kappa shape index (κ1) is 17.4. The van der Waals surface area contributed by atoms with Gasteiger partial charge >= 0.3 is 5.97 Å². The van der Waals surface area contributed by atoms with Gasteiger partial charge in [0, 0.05) is 11.7 Å². The van der Waals surface area contributed by atoms with E-state index in [-0.39, 0.29) is 23.8 Å². The summed E-state index contributed by atoms with van der Waals surface area (Å²) in [5.74, 6) is -0.986. The molecule has 0 aromatic carbocycles. The second-order valence-corrected chi connectivity index (χ2v) is 7.49. The molecule has 0 aliphatic heterocycles. The van der Waals surface area contributed by atoms with Gasteiger partial charge in [-0.2, -0.15) is 0 Å². The van der Waals surface area contributed by atoms with E-state index in [1.807, 2.05) is 13.8 Å². The lowest BCUT2D eigenvalue weighted by atomic mass is 10.1. The largest absolute Gasteiger partial charge is 0.478 e. The van der Waals surface area contributed by atoms with Crippen LogP contribution in [-0.2, 0) is 9.36 Å². The number of allylic oxidation sites excluding steroid dienone is 1. The van der Waals surface area contributed by atoms with Crippen molar-refractivity contribution in [2.24, 2.45) is 5.92 Å². The predicted molar refractivity (Wildman–Crippen MR) is 74.3 cm³/mol. The topological polar surface area (TPSA) is 74.6 Å². The molecule has 0 saturated carbocycles. The van der Waals surface area contributed by atoms with Crippen molar-refractivity contribution in [1.29, 1.82) is 0 Å². The quantitative estimate of drug-likeness (QED) is 0.384. The molecule has 0 bridgehead atoms. The number of rotatable bonds is 9. The van der Waals surface area contributed by atoms with E-state index >= 15 is 0 Å². The smallest absolute Gasteiger partial charge is 0.331 e. The minimum absolute atomic E-state index is 0.0811. The van der Waals surface area contributed by atoms with Crippen LogP contribution in [0, 0.1) is 5.92 Å². The molecular formula is C13H25O4P. The molecule has 2 N–H and O–H groups in total. The van der Waals surface area contributed by atoms with Crippen LogP contribution in [0.2, 0.25) is 0 Å². The highest BCUT2D eigenvalue weighted by Crippen LogP contribution is 2.44. The third-order valence-electron chi connectivity index (χ3n) is 2.54. The molecule has 1 unspecified atom stereocenters. The minimum atomic E-state index is -3.36. The zero-order valence-corrected chi connectivity index (χ0v) is 12.4. The van der Waals surface area contributed by atoms with Gasteiger partial charge in [-0.15, -0.1) is 0 Å². The zero-order valence-electron chi connectivity index (χ0n) is 11.6. The van der Waals surface area contributed by atoms with Crippen LogP contribution >= 0.6 is 7.37 Å². The molecule has 0 radical (unpaired) electrons. The molecule has 0 aromatic heterocycles. The van der Waals surface area contributed by atoms with E-state index < -0.39 is 13.3 Å². The Balaban J connectivity index is 4.53. The summed E-state index contributed by atoms with van der Waals surface area (Å²) in [6.45, 7) is 5.79. The number of aliphatic carboxylic acids is 1. The lowest BCUT2D eigenvalue weighted by Gasteiger charge is -2.14. The fraction of sp³-hybridized carbons (Fsp3) is 0.769. The van der Waals surface area contributed by atoms with Crippen molar-refractivity contribution in [3.8, 4) is 0 Å². The third-order valence-corrected chi connectivity index (χ3v) is 4.68. The number of unbranched alkanes of at least 4 members (excludes halogenated alkanes) is 3. The molecule has 0 heterocycles. The summed E-state index contributed by atoms with van der Waals surface area (Å²) >= 11 is 0. The second kappa shape index (κ2) is 8.49. The summed E-state index contributed by atoms with van der Waals surface area (Å²) in [6.07, 6.45) is 5.26. The fourth-order valence-electron chi connectivity index (χ4n) is 1.79. The van der Waals surface area contributed by atoms with Crippen molar-refractivity contribution in [1.82, 2.24) is 0 Å². The van der Waals surface area contributed by atoms with Crippen LogP contribution in [-0.4, -0.2) is 28.3 Å². The maximum atomic E-state index is 11.9. The molecule has 1 atom stereocenters. The van der Waals surface area contributed by atoms with E-state index in [9.17, 15) is 14.3 Å². The van der Waals surface area contributed by atoms with Gasteiger partial charge in [-0.1, -0.05) is 39.7 Å². The van der Waals surface area contributed by atoms with Gasteiger partial charge in [-0.05, 0) is 18.8 Å². The number of carbonyl (C=O) groups is 1. The fourth-order valence-corrected chi connectivity index (χ4v) is 3.86. The average molecular weight is 276 g/mol. The zero-order chi connectivity index (χ0) is 14.2. The van der Waals surface area contributed by atoms with Crippen molar-refractivity contribution < 1.29 is 19.4 Å². The van der Waals surface area contributed by atoms with Gasteiger partial charge in [0.05, 0.1) is 6.16 Å². The van der Waals surface area contributed by atoms with E-state index in [4.69, 9.17) is 5.11 Å². The van der Waals surface area contributed by atoms with Crippen LogP contribution < -0.4 is 0 Å². The molecule has 4 nitrogen and oxygen atoms in total.